The Balaban J connectivity index is 2.15. The van der Waals surface area contributed by atoms with Gasteiger partial charge in [-0.3, -0.25) is 4.79 Å². The molecule has 0 aliphatic carbocycles. The van der Waals surface area contributed by atoms with Gasteiger partial charge in [0.15, 0.2) is 17.6 Å². The predicted molar refractivity (Wildman–Crippen MR) is 111 cm³/mol. The van der Waals surface area contributed by atoms with Crippen LogP contribution in [0.5, 0.6) is 17.2 Å². The quantitative estimate of drug-likeness (QED) is 0.677. The second-order valence-corrected chi connectivity index (χ2v) is 6.92. The van der Waals surface area contributed by atoms with Crippen LogP contribution in [0.15, 0.2) is 36.4 Å². The molecule has 5 heteroatoms. The molecule has 2 atom stereocenters. The first-order valence-corrected chi connectivity index (χ1v) is 9.69. The minimum Gasteiger partial charge on any atom is -0.493 e. The van der Waals surface area contributed by atoms with Crippen molar-refractivity contribution in [2.75, 3.05) is 14.2 Å². The molecular weight excluding hydrogens is 354 g/mol. The molecule has 5 nitrogen and oxygen atoms in total. The zero-order valence-electron chi connectivity index (χ0n) is 17.7. The molecule has 0 saturated heterocycles. The zero-order valence-corrected chi connectivity index (χ0v) is 17.7. The lowest BCUT2D eigenvalue weighted by Gasteiger charge is -2.23. The van der Waals surface area contributed by atoms with Gasteiger partial charge in [0.05, 0.1) is 20.3 Å². The number of benzene rings is 2. The first-order chi connectivity index (χ1) is 13.4. The van der Waals surface area contributed by atoms with E-state index in [1.165, 1.54) is 0 Å². The van der Waals surface area contributed by atoms with Crippen molar-refractivity contribution in [2.45, 2.75) is 52.7 Å². The SMILES string of the molecule is CCC(Oc1cc(C)cc(C)c1)C(=O)NC(CC)c1ccc(OC)c(OC)c1. The number of ether oxygens (including phenoxy) is 3. The van der Waals surface area contributed by atoms with Gasteiger partial charge in [-0.15, -0.1) is 0 Å². The Morgan fingerprint density at radius 1 is 0.929 bits per heavy atom. The van der Waals surface area contributed by atoms with Crippen molar-refractivity contribution in [1.29, 1.82) is 0 Å². The summed E-state index contributed by atoms with van der Waals surface area (Å²) in [6.45, 7) is 8.02. The van der Waals surface area contributed by atoms with E-state index in [0.29, 0.717) is 17.9 Å². The van der Waals surface area contributed by atoms with Crippen molar-refractivity contribution in [1.82, 2.24) is 5.32 Å². The van der Waals surface area contributed by atoms with Gasteiger partial charge in [0, 0.05) is 0 Å². The monoisotopic (exact) mass is 385 g/mol. The van der Waals surface area contributed by atoms with Crippen molar-refractivity contribution >= 4 is 5.91 Å². The topological polar surface area (TPSA) is 56.8 Å². The van der Waals surface area contributed by atoms with E-state index >= 15 is 0 Å². The minimum atomic E-state index is -0.546. The van der Waals surface area contributed by atoms with E-state index < -0.39 is 6.10 Å². The predicted octanol–water partition coefficient (Wildman–Crippen LogP) is 4.75. The molecular formula is C23H31NO4. The van der Waals surface area contributed by atoms with Gasteiger partial charge in [0.25, 0.3) is 5.91 Å². The molecule has 0 aromatic heterocycles. The van der Waals surface area contributed by atoms with Gasteiger partial charge >= 0.3 is 0 Å². The molecule has 0 spiro atoms. The molecule has 2 unspecified atom stereocenters. The highest BCUT2D eigenvalue weighted by molar-refractivity contribution is 5.81. The molecule has 0 saturated carbocycles. The highest BCUT2D eigenvalue weighted by Crippen LogP contribution is 2.31. The normalized spacial score (nSPS) is 12.8. The molecule has 28 heavy (non-hydrogen) atoms. The lowest BCUT2D eigenvalue weighted by molar-refractivity contribution is -0.129. The van der Waals surface area contributed by atoms with Crippen LogP contribution in [0.1, 0.15) is 49.4 Å². The molecule has 0 bridgehead atoms. The van der Waals surface area contributed by atoms with Gasteiger partial charge in [0.2, 0.25) is 0 Å². The van der Waals surface area contributed by atoms with Crippen LogP contribution in [0.3, 0.4) is 0 Å². The van der Waals surface area contributed by atoms with Crippen LogP contribution in [0.2, 0.25) is 0 Å². The number of nitrogens with one attached hydrogen (secondary N) is 1. The van der Waals surface area contributed by atoms with Crippen molar-refractivity contribution in [3.05, 3.63) is 53.1 Å². The summed E-state index contributed by atoms with van der Waals surface area (Å²) < 4.78 is 16.7. The Labute approximate surface area is 168 Å². The van der Waals surface area contributed by atoms with Gasteiger partial charge in [-0.05, 0) is 67.6 Å². The third-order valence-electron chi connectivity index (χ3n) is 4.67. The molecule has 2 aromatic rings. The van der Waals surface area contributed by atoms with Crippen LogP contribution in [0.4, 0.5) is 0 Å². The van der Waals surface area contributed by atoms with Crippen LogP contribution in [-0.2, 0) is 4.79 Å². The van der Waals surface area contributed by atoms with E-state index in [1.54, 1.807) is 14.2 Å². The Hall–Kier alpha value is -2.69. The van der Waals surface area contributed by atoms with E-state index in [0.717, 1.165) is 28.9 Å². The summed E-state index contributed by atoms with van der Waals surface area (Å²) >= 11 is 0. The number of amides is 1. The van der Waals surface area contributed by atoms with Crippen molar-refractivity contribution in [2.24, 2.45) is 0 Å². The Bertz CT molecular complexity index is 783. The molecule has 152 valence electrons. The summed E-state index contributed by atoms with van der Waals surface area (Å²) in [5.41, 5.74) is 3.19. The lowest BCUT2D eigenvalue weighted by Crippen LogP contribution is -2.40. The maximum Gasteiger partial charge on any atom is 0.261 e. The van der Waals surface area contributed by atoms with Gasteiger partial charge in [0.1, 0.15) is 5.75 Å². The molecule has 1 amide bonds. The molecule has 1 N–H and O–H groups in total. The third-order valence-corrected chi connectivity index (χ3v) is 4.67. The second-order valence-electron chi connectivity index (χ2n) is 6.92. The highest BCUT2D eigenvalue weighted by atomic mass is 16.5. The summed E-state index contributed by atoms with van der Waals surface area (Å²) in [7, 11) is 3.21. The Morgan fingerprint density at radius 2 is 1.57 bits per heavy atom. The largest absolute Gasteiger partial charge is 0.493 e. The first-order valence-electron chi connectivity index (χ1n) is 9.69. The number of methoxy groups -OCH3 is 2. The van der Waals surface area contributed by atoms with Crippen LogP contribution in [0, 0.1) is 13.8 Å². The number of rotatable bonds is 9. The summed E-state index contributed by atoms with van der Waals surface area (Å²) in [6.07, 6.45) is 0.790. The summed E-state index contributed by atoms with van der Waals surface area (Å²) in [5.74, 6) is 1.91. The van der Waals surface area contributed by atoms with Crippen LogP contribution in [-0.4, -0.2) is 26.2 Å². The van der Waals surface area contributed by atoms with Gasteiger partial charge in [-0.25, -0.2) is 0 Å². The molecule has 0 heterocycles. The van der Waals surface area contributed by atoms with E-state index in [9.17, 15) is 4.79 Å². The average molecular weight is 386 g/mol. The average Bonchev–Trinajstić information content (AvgIpc) is 2.68. The van der Waals surface area contributed by atoms with E-state index in [2.05, 4.69) is 11.4 Å². The van der Waals surface area contributed by atoms with Gasteiger partial charge in [-0.2, -0.15) is 0 Å². The summed E-state index contributed by atoms with van der Waals surface area (Å²) in [6, 6.07) is 11.6. The molecule has 0 fully saturated rings. The number of carbonyl (C=O) groups is 1. The molecule has 0 radical (unpaired) electrons. The fourth-order valence-electron chi connectivity index (χ4n) is 3.24. The zero-order chi connectivity index (χ0) is 20.7. The van der Waals surface area contributed by atoms with E-state index in [-0.39, 0.29) is 11.9 Å². The highest BCUT2D eigenvalue weighted by Gasteiger charge is 2.23. The fourth-order valence-corrected chi connectivity index (χ4v) is 3.24. The fraction of sp³-hybridized carbons (Fsp3) is 0.435. The number of hydrogen-bond donors (Lipinski definition) is 1. The van der Waals surface area contributed by atoms with E-state index in [4.69, 9.17) is 14.2 Å². The van der Waals surface area contributed by atoms with Crippen LogP contribution in [0.25, 0.3) is 0 Å². The number of hydrogen-bond acceptors (Lipinski definition) is 4. The number of aryl methyl sites for hydroxylation is 2. The molecule has 0 aliphatic heterocycles. The van der Waals surface area contributed by atoms with E-state index in [1.807, 2.05) is 58.0 Å². The van der Waals surface area contributed by atoms with Crippen molar-refractivity contribution in [3.8, 4) is 17.2 Å². The van der Waals surface area contributed by atoms with Gasteiger partial charge in [-0.1, -0.05) is 26.0 Å². The Kier molecular flexibility index (Phi) is 7.73. The Morgan fingerprint density at radius 3 is 2.11 bits per heavy atom. The maximum atomic E-state index is 12.9. The third kappa shape index (κ3) is 5.41. The molecule has 0 aliphatic rings. The summed E-state index contributed by atoms with van der Waals surface area (Å²) in [4.78, 5) is 12.9. The summed E-state index contributed by atoms with van der Waals surface area (Å²) in [5, 5.41) is 3.11. The van der Waals surface area contributed by atoms with Crippen LogP contribution < -0.4 is 19.5 Å². The standard InChI is InChI=1S/C23H31NO4/c1-7-19(17-9-10-21(26-5)22(14-17)27-6)24-23(25)20(8-2)28-18-12-15(3)11-16(4)13-18/h9-14,19-20H,7-8H2,1-6H3,(H,24,25). The molecule has 2 rings (SSSR count). The van der Waals surface area contributed by atoms with Crippen molar-refractivity contribution < 1.29 is 19.0 Å². The molecule has 2 aromatic carbocycles. The van der Waals surface area contributed by atoms with Crippen LogP contribution >= 0.6 is 0 Å². The van der Waals surface area contributed by atoms with Gasteiger partial charge < -0.3 is 19.5 Å². The van der Waals surface area contributed by atoms with Crippen molar-refractivity contribution in [3.63, 3.8) is 0 Å². The maximum absolute atomic E-state index is 12.9. The minimum absolute atomic E-state index is 0.122. The first kappa shape index (κ1) is 21.6. The second kappa shape index (κ2) is 10.0. The number of carbonyl (C=O) groups excluding carboxylic acids is 1. The lowest BCUT2D eigenvalue weighted by atomic mass is 10.0. The smallest absolute Gasteiger partial charge is 0.261 e.